The van der Waals surface area contributed by atoms with E-state index in [1.54, 1.807) is 24.1 Å². The van der Waals surface area contributed by atoms with Crippen LogP contribution in [0.2, 0.25) is 0 Å². The minimum Gasteiger partial charge on any atom is -0.493 e. The van der Waals surface area contributed by atoms with Gasteiger partial charge in [-0.2, -0.15) is 8.78 Å². The number of ether oxygens (including phenoxy) is 2. The second-order valence-electron chi connectivity index (χ2n) is 4.38. The molecule has 0 aromatic heterocycles. The van der Waals surface area contributed by atoms with Crippen molar-refractivity contribution in [2.24, 2.45) is 0 Å². The van der Waals surface area contributed by atoms with Gasteiger partial charge >= 0.3 is 6.61 Å². The summed E-state index contributed by atoms with van der Waals surface area (Å²) in [5.41, 5.74) is 0.721. The van der Waals surface area contributed by atoms with Gasteiger partial charge in [0.25, 0.3) is 0 Å². The van der Waals surface area contributed by atoms with Crippen molar-refractivity contribution in [3.8, 4) is 11.5 Å². The number of hydrogen-bond acceptors (Lipinski definition) is 4. The van der Waals surface area contributed by atoms with Gasteiger partial charge in [-0.3, -0.25) is 4.79 Å². The standard InChI is InChI=1S/C14H20F2N2O3/c1-4-18(2)13(19)9-17-8-10-5-6-11(20-3)12(7-10)21-14(15)16/h5-7,14,17H,4,8-9H2,1-3H3. The van der Waals surface area contributed by atoms with Crippen molar-refractivity contribution in [3.05, 3.63) is 23.8 Å². The summed E-state index contributed by atoms with van der Waals surface area (Å²) in [7, 11) is 3.09. The molecule has 0 aliphatic heterocycles. The van der Waals surface area contributed by atoms with Crippen molar-refractivity contribution in [2.45, 2.75) is 20.1 Å². The van der Waals surface area contributed by atoms with E-state index >= 15 is 0 Å². The fourth-order valence-corrected chi connectivity index (χ4v) is 1.64. The molecule has 0 unspecified atom stereocenters. The van der Waals surface area contributed by atoms with Gasteiger partial charge < -0.3 is 19.7 Å². The number of likely N-dealkylation sites (N-methyl/N-ethyl adjacent to an activating group) is 1. The summed E-state index contributed by atoms with van der Waals surface area (Å²) < 4.78 is 34.0. The molecule has 0 fully saturated rings. The van der Waals surface area contributed by atoms with Crippen LogP contribution in [0.4, 0.5) is 8.78 Å². The Kier molecular flexibility index (Phi) is 6.87. The molecule has 0 radical (unpaired) electrons. The van der Waals surface area contributed by atoms with Gasteiger partial charge in [-0.15, -0.1) is 0 Å². The van der Waals surface area contributed by atoms with Gasteiger partial charge in [0.2, 0.25) is 5.91 Å². The fraction of sp³-hybridized carbons (Fsp3) is 0.500. The predicted octanol–water partition coefficient (Wildman–Crippen LogP) is 1.86. The number of carbonyl (C=O) groups excluding carboxylic acids is 1. The van der Waals surface area contributed by atoms with Crippen LogP contribution in [0.15, 0.2) is 18.2 Å². The van der Waals surface area contributed by atoms with E-state index in [4.69, 9.17) is 4.74 Å². The summed E-state index contributed by atoms with van der Waals surface area (Å²) in [4.78, 5) is 13.2. The summed E-state index contributed by atoms with van der Waals surface area (Å²) >= 11 is 0. The van der Waals surface area contributed by atoms with Crippen LogP contribution in [-0.2, 0) is 11.3 Å². The molecule has 7 heteroatoms. The van der Waals surface area contributed by atoms with Crippen molar-refractivity contribution < 1.29 is 23.0 Å². The van der Waals surface area contributed by atoms with Crippen LogP contribution in [0.25, 0.3) is 0 Å². The van der Waals surface area contributed by atoms with Crippen molar-refractivity contribution in [3.63, 3.8) is 0 Å². The van der Waals surface area contributed by atoms with Gasteiger partial charge in [0.1, 0.15) is 0 Å². The van der Waals surface area contributed by atoms with E-state index in [0.29, 0.717) is 13.1 Å². The smallest absolute Gasteiger partial charge is 0.387 e. The first-order valence-corrected chi connectivity index (χ1v) is 6.54. The van der Waals surface area contributed by atoms with E-state index in [0.717, 1.165) is 5.56 Å². The number of rotatable bonds is 8. The van der Waals surface area contributed by atoms with Gasteiger partial charge in [0.05, 0.1) is 13.7 Å². The van der Waals surface area contributed by atoms with E-state index in [1.165, 1.54) is 13.2 Å². The van der Waals surface area contributed by atoms with E-state index in [9.17, 15) is 13.6 Å². The molecule has 1 rings (SSSR count). The van der Waals surface area contributed by atoms with Gasteiger partial charge in [-0.05, 0) is 24.6 Å². The molecule has 0 heterocycles. The number of carbonyl (C=O) groups is 1. The van der Waals surface area contributed by atoms with Gasteiger partial charge in [0.15, 0.2) is 11.5 Å². The third-order valence-corrected chi connectivity index (χ3v) is 2.95. The van der Waals surface area contributed by atoms with Gasteiger partial charge in [-0.1, -0.05) is 6.07 Å². The minimum absolute atomic E-state index is 0.0243. The molecular weight excluding hydrogens is 282 g/mol. The number of amides is 1. The average Bonchev–Trinajstić information content (AvgIpc) is 2.46. The van der Waals surface area contributed by atoms with Crippen molar-refractivity contribution in [2.75, 3.05) is 27.2 Å². The first kappa shape index (κ1) is 17.2. The molecule has 0 aliphatic carbocycles. The lowest BCUT2D eigenvalue weighted by molar-refractivity contribution is -0.128. The highest BCUT2D eigenvalue weighted by Gasteiger charge is 2.11. The molecule has 1 aromatic carbocycles. The molecule has 0 atom stereocenters. The molecular formula is C14H20F2N2O3. The normalized spacial score (nSPS) is 10.6. The second kappa shape index (κ2) is 8.41. The topological polar surface area (TPSA) is 50.8 Å². The number of methoxy groups -OCH3 is 1. The maximum atomic E-state index is 12.3. The number of hydrogen-bond donors (Lipinski definition) is 1. The Morgan fingerprint density at radius 2 is 2.10 bits per heavy atom. The molecule has 1 aromatic rings. The zero-order chi connectivity index (χ0) is 15.8. The number of alkyl halides is 2. The van der Waals surface area contributed by atoms with Crippen LogP contribution in [0.5, 0.6) is 11.5 Å². The van der Waals surface area contributed by atoms with Gasteiger partial charge in [0, 0.05) is 20.1 Å². The maximum absolute atomic E-state index is 12.3. The zero-order valence-corrected chi connectivity index (χ0v) is 12.4. The molecule has 1 N–H and O–H groups in total. The Morgan fingerprint density at radius 1 is 1.38 bits per heavy atom. The quantitative estimate of drug-likeness (QED) is 0.796. The third kappa shape index (κ3) is 5.55. The van der Waals surface area contributed by atoms with Crippen LogP contribution in [-0.4, -0.2) is 44.7 Å². The van der Waals surface area contributed by atoms with Gasteiger partial charge in [-0.25, -0.2) is 0 Å². The highest BCUT2D eigenvalue weighted by molar-refractivity contribution is 5.77. The highest BCUT2D eigenvalue weighted by atomic mass is 19.3. The minimum atomic E-state index is -2.91. The van der Waals surface area contributed by atoms with E-state index in [-0.39, 0.29) is 24.0 Å². The molecule has 0 saturated heterocycles. The third-order valence-electron chi connectivity index (χ3n) is 2.95. The first-order chi connectivity index (χ1) is 9.97. The molecule has 5 nitrogen and oxygen atoms in total. The second-order valence-corrected chi connectivity index (χ2v) is 4.38. The Labute approximate surface area is 122 Å². The maximum Gasteiger partial charge on any atom is 0.387 e. The van der Waals surface area contributed by atoms with Crippen molar-refractivity contribution in [1.29, 1.82) is 0 Å². The van der Waals surface area contributed by atoms with Crippen LogP contribution in [0, 0.1) is 0 Å². The van der Waals surface area contributed by atoms with Crippen LogP contribution < -0.4 is 14.8 Å². The van der Waals surface area contributed by atoms with Crippen molar-refractivity contribution >= 4 is 5.91 Å². The Balaban J connectivity index is 2.61. The van der Waals surface area contributed by atoms with E-state index in [2.05, 4.69) is 10.1 Å². The number of nitrogens with zero attached hydrogens (tertiary/aromatic N) is 1. The zero-order valence-electron chi connectivity index (χ0n) is 12.4. The van der Waals surface area contributed by atoms with Crippen LogP contribution in [0.1, 0.15) is 12.5 Å². The lowest BCUT2D eigenvalue weighted by atomic mass is 10.2. The molecule has 1 amide bonds. The SMILES string of the molecule is CCN(C)C(=O)CNCc1ccc(OC)c(OC(F)F)c1. The largest absolute Gasteiger partial charge is 0.493 e. The fourth-order valence-electron chi connectivity index (χ4n) is 1.64. The van der Waals surface area contributed by atoms with Crippen LogP contribution >= 0.6 is 0 Å². The summed E-state index contributed by atoms with van der Waals surface area (Å²) in [6, 6.07) is 4.74. The monoisotopic (exact) mass is 302 g/mol. The molecule has 0 bridgehead atoms. The Bertz CT molecular complexity index is 470. The number of benzene rings is 1. The average molecular weight is 302 g/mol. The highest BCUT2D eigenvalue weighted by Crippen LogP contribution is 2.29. The molecule has 0 aliphatic rings. The Hall–Kier alpha value is -1.89. The molecule has 21 heavy (non-hydrogen) atoms. The molecule has 0 spiro atoms. The lowest BCUT2D eigenvalue weighted by Crippen LogP contribution is -2.35. The Morgan fingerprint density at radius 3 is 2.67 bits per heavy atom. The summed E-state index contributed by atoms with van der Waals surface area (Å²) in [6.07, 6.45) is 0. The lowest BCUT2D eigenvalue weighted by Gasteiger charge is -2.15. The van der Waals surface area contributed by atoms with E-state index < -0.39 is 6.61 Å². The van der Waals surface area contributed by atoms with Crippen LogP contribution in [0.3, 0.4) is 0 Å². The first-order valence-electron chi connectivity index (χ1n) is 6.54. The predicted molar refractivity (Wildman–Crippen MR) is 74.6 cm³/mol. The number of nitrogens with one attached hydrogen (secondary N) is 1. The van der Waals surface area contributed by atoms with Crippen molar-refractivity contribution in [1.82, 2.24) is 10.2 Å². The molecule has 118 valence electrons. The summed E-state index contributed by atoms with van der Waals surface area (Å²) in [5.74, 6) is 0.180. The van der Waals surface area contributed by atoms with E-state index in [1.807, 2.05) is 6.92 Å². The summed E-state index contributed by atoms with van der Waals surface area (Å²) in [6.45, 7) is 0.154. The number of halogens is 2. The summed E-state index contributed by atoms with van der Waals surface area (Å²) in [5, 5.41) is 2.96. The molecule has 0 saturated carbocycles.